The van der Waals surface area contributed by atoms with Gasteiger partial charge in [-0.3, -0.25) is 4.98 Å². The van der Waals surface area contributed by atoms with E-state index in [0.29, 0.717) is 5.11 Å². The van der Waals surface area contributed by atoms with Crippen molar-refractivity contribution in [3.05, 3.63) is 84.1 Å². The Hall–Kier alpha value is -2.66. The van der Waals surface area contributed by atoms with Crippen molar-refractivity contribution >= 4 is 23.0 Å². The lowest BCUT2D eigenvalue weighted by Gasteiger charge is -2.26. The van der Waals surface area contributed by atoms with E-state index in [1.54, 1.807) is 12.5 Å². The Morgan fingerprint density at radius 2 is 1.96 bits per heavy atom. The maximum absolute atomic E-state index is 5.75. The Balaban J connectivity index is 1.77. The molecule has 0 unspecified atom stereocenters. The highest BCUT2D eigenvalue weighted by atomic mass is 32.1. The molecule has 0 radical (unpaired) electrons. The van der Waals surface area contributed by atoms with Gasteiger partial charge in [-0.1, -0.05) is 25.1 Å². The zero-order chi connectivity index (χ0) is 17.2. The standard InChI is InChI=1S/C20H19N3OS/c1-2-14-8-10-15(11-9-14)23-19(17-7-5-13-24-17)18(22-20(23)25)16-6-3-4-12-21-16/h3-13,18-19H,2H2,1H3,(H,22,25)/t18-,19-/m1/s1. The monoisotopic (exact) mass is 349 g/mol. The first kappa shape index (κ1) is 15.8. The summed E-state index contributed by atoms with van der Waals surface area (Å²) in [7, 11) is 0. The van der Waals surface area contributed by atoms with E-state index in [1.165, 1.54) is 5.56 Å². The van der Waals surface area contributed by atoms with E-state index in [9.17, 15) is 0 Å². The minimum atomic E-state index is -0.0788. The molecule has 0 spiro atoms. The maximum Gasteiger partial charge on any atom is 0.174 e. The molecule has 1 N–H and O–H groups in total. The first-order valence-electron chi connectivity index (χ1n) is 8.41. The Kier molecular flexibility index (Phi) is 4.24. The highest BCUT2D eigenvalue weighted by molar-refractivity contribution is 7.80. The molecule has 4 rings (SSSR count). The maximum atomic E-state index is 5.75. The number of rotatable bonds is 4. The lowest BCUT2D eigenvalue weighted by molar-refractivity contribution is 0.432. The van der Waals surface area contributed by atoms with Crippen LogP contribution in [0.5, 0.6) is 0 Å². The van der Waals surface area contributed by atoms with Crippen molar-refractivity contribution < 1.29 is 4.42 Å². The van der Waals surface area contributed by atoms with Crippen LogP contribution in [0, 0.1) is 0 Å². The number of aryl methyl sites for hydroxylation is 1. The van der Waals surface area contributed by atoms with Gasteiger partial charge in [0, 0.05) is 11.9 Å². The summed E-state index contributed by atoms with van der Waals surface area (Å²) in [6.45, 7) is 2.15. The van der Waals surface area contributed by atoms with Crippen molar-refractivity contribution in [3.8, 4) is 0 Å². The Bertz CT molecular complexity index is 846. The minimum absolute atomic E-state index is 0.0642. The zero-order valence-electron chi connectivity index (χ0n) is 13.9. The second-order valence-electron chi connectivity index (χ2n) is 6.03. The molecule has 1 aromatic carbocycles. The second kappa shape index (κ2) is 6.69. The Labute approximate surface area is 152 Å². The van der Waals surface area contributed by atoms with E-state index < -0.39 is 0 Å². The SMILES string of the molecule is CCc1ccc(N2C(=S)N[C@H](c3ccccn3)[C@H]2c2ccco2)cc1. The lowest BCUT2D eigenvalue weighted by Crippen LogP contribution is -2.29. The predicted molar refractivity (Wildman–Crippen MR) is 102 cm³/mol. The molecule has 0 amide bonds. The highest BCUT2D eigenvalue weighted by Gasteiger charge is 2.42. The van der Waals surface area contributed by atoms with Crippen LogP contribution < -0.4 is 10.2 Å². The van der Waals surface area contributed by atoms with Crippen molar-refractivity contribution in [1.82, 2.24) is 10.3 Å². The third kappa shape index (κ3) is 2.91. The fourth-order valence-corrected chi connectivity index (χ4v) is 3.62. The number of benzene rings is 1. The summed E-state index contributed by atoms with van der Waals surface area (Å²) in [6.07, 6.45) is 4.52. The molecule has 1 saturated heterocycles. The van der Waals surface area contributed by atoms with Crippen molar-refractivity contribution in [2.45, 2.75) is 25.4 Å². The minimum Gasteiger partial charge on any atom is -0.467 e. The van der Waals surface area contributed by atoms with Crippen LogP contribution in [0.15, 0.2) is 71.5 Å². The third-order valence-corrected chi connectivity index (χ3v) is 4.87. The van der Waals surface area contributed by atoms with Crippen LogP contribution in [-0.2, 0) is 6.42 Å². The van der Waals surface area contributed by atoms with Crippen molar-refractivity contribution in [2.24, 2.45) is 0 Å². The number of aromatic nitrogens is 1. The van der Waals surface area contributed by atoms with Gasteiger partial charge in [-0.15, -0.1) is 0 Å². The number of anilines is 1. The van der Waals surface area contributed by atoms with E-state index >= 15 is 0 Å². The molecule has 1 fully saturated rings. The third-order valence-electron chi connectivity index (χ3n) is 4.56. The summed E-state index contributed by atoms with van der Waals surface area (Å²) in [5.41, 5.74) is 3.30. The largest absolute Gasteiger partial charge is 0.467 e. The van der Waals surface area contributed by atoms with Gasteiger partial charge in [-0.05, 0) is 60.6 Å². The molecule has 1 aliphatic heterocycles. The number of furan rings is 1. The summed E-state index contributed by atoms with van der Waals surface area (Å²) in [5.74, 6) is 0.863. The van der Waals surface area contributed by atoms with Crippen LogP contribution in [0.25, 0.3) is 0 Å². The van der Waals surface area contributed by atoms with Gasteiger partial charge >= 0.3 is 0 Å². The van der Waals surface area contributed by atoms with Crippen LogP contribution >= 0.6 is 12.2 Å². The normalized spacial score (nSPS) is 19.9. The summed E-state index contributed by atoms with van der Waals surface area (Å²) < 4.78 is 5.75. The molecular formula is C20H19N3OS. The first-order chi connectivity index (χ1) is 12.3. The van der Waals surface area contributed by atoms with Crippen molar-refractivity contribution in [2.75, 3.05) is 4.90 Å². The van der Waals surface area contributed by atoms with E-state index in [1.807, 2.05) is 30.3 Å². The summed E-state index contributed by atoms with van der Waals surface area (Å²) in [5, 5.41) is 4.10. The molecule has 0 aliphatic carbocycles. The first-order valence-corrected chi connectivity index (χ1v) is 8.81. The van der Waals surface area contributed by atoms with E-state index in [0.717, 1.165) is 23.6 Å². The molecule has 1 aliphatic rings. The van der Waals surface area contributed by atoms with Gasteiger partial charge in [0.2, 0.25) is 0 Å². The molecule has 126 valence electrons. The van der Waals surface area contributed by atoms with Crippen LogP contribution in [0.2, 0.25) is 0 Å². The van der Waals surface area contributed by atoms with E-state index in [-0.39, 0.29) is 12.1 Å². The molecule has 25 heavy (non-hydrogen) atoms. The van der Waals surface area contributed by atoms with Gasteiger partial charge in [0.05, 0.1) is 18.0 Å². The average Bonchev–Trinajstić information content (AvgIpc) is 3.30. The predicted octanol–water partition coefficient (Wildman–Crippen LogP) is 4.41. The van der Waals surface area contributed by atoms with E-state index in [2.05, 4.69) is 46.4 Å². The molecule has 0 saturated carbocycles. The molecule has 2 atom stereocenters. The lowest BCUT2D eigenvalue weighted by atomic mass is 10.0. The number of nitrogens with zero attached hydrogens (tertiary/aromatic N) is 2. The summed E-state index contributed by atoms with van der Waals surface area (Å²) >= 11 is 5.66. The molecule has 3 heterocycles. The van der Waals surface area contributed by atoms with Crippen LogP contribution in [0.4, 0.5) is 5.69 Å². The van der Waals surface area contributed by atoms with Gasteiger partial charge in [-0.25, -0.2) is 0 Å². The van der Waals surface area contributed by atoms with Crippen molar-refractivity contribution in [3.63, 3.8) is 0 Å². The van der Waals surface area contributed by atoms with Gasteiger partial charge in [-0.2, -0.15) is 0 Å². The number of pyridine rings is 1. The van der Waals surface area contributed by atoms with Crippen LogP contribution in [-0.4, -0.2) is 10.1 Å². The number of nitrogens with one attached hydrogen (secondary N) is 1. The summed E-state index contributed by atoms with van der Waals surface area (Å²) in [4.78, 5) is 6.64. The average molecular weight is 349 g/mol. The Morgan fingerprint density at radius 1 is 1.12 bits per heavy atom. The number of hydrogen-bond acceptors (Lipinski definition) is 3. The fraction of sp³-hybridized carbons (Fsp3) is 0.200. The molecular weight excluding hydrogens is 330 g/mol. The van der Waals surface area contributed by atoms with Crippen molar-refractivity contribution in [1.29, 1.82) is 0 Å². The second-order valence-corrected chi connectivity index (χ2v) is 6.42. The van der Waals surface area contributed by atoms with Crippen LogP contribution in [0.3, 0.4) is 0 Å². The molecule has 0 bridgehead atoms. The van der Waals surface area contributed by atoms with Gasteiger partial charge in [0.25, 0.3) is 0 Å². The Morgan fingerprint density at radius 3 is 2.60 bits per heavy atom. The van der Waals surface area contributed by atoms with Gasteiger partial charge < -0.3 is 14.6 Å². The topological polar surface area (TPSA) is 41.3 Å². The van der Waals surface area contributed by atoms with Crippen LogP contribution in [0.1, 0.15) is 36.0 Å². The molecule has 2 aromatic heterocycles. The highest BCUT2D eigenvalue weighted by Crippen LogP contribution is 2.41. The molecule has 4 nitrogen and oxygen atoms in total. The van der Waals surface area contributed by atoms with Gasteiger partial charge in [0.15, 0.2) is 5.11 Å². The quantitative estimate of drug-likeness (QED) is 0.707. The smallest absolute Gasteiger partial charge is 0.174 e. The zero-order valence-corrected chi connectivity index (χ0v) is 14.7. The molecule has 3 aromatic rings. The number of thiocarbonyl (C=S) groups is 1. The fourth-order valence-electron chi connectivity index (χ4n) is 3.27. The summed E-state index contributed by atoms with van der Waals surface area (Å²) in [6, 6.07) is 18.2. The van der Waals surface area contributed by atoms with E-state index in [4.69, 9.17) is 16.6 Å². The molecule has 5 heteroatoms. The number of hydrogen-bond donors (Lipinski definition) is 1. The van der Waals surface area contributed by atoms with Gasteiger partial charge in [0.1, 0.15) is 11.8 Å².